The van der Waals surface area contributed by atoms with Crippen LogP contribution in [0.5, 0.6) is 17.2 Å². The standard InChI is InChI=1S/C10H15BO6/c1-14-6-7-4-8(15-2)5-9(16-3)10(7)17-11(12)13/h4-5,12-13H,6H2,1-3H3. The summed E-state index contributed by atoms with van der Waals surface area (Å²) < 4.78 is 20.0. The highest BCUT2D eigenvalue weighted by atomic mass is 16.6. The average Bonchev–Trinajstić information content (AvgIpc) is 2.30. The second-order valence-corrected chi connectivity index (χ2v) is 3.20. The van der Waals surface area contributed by atoms with Crippen molar-refractivity contribution >= 4 is 7.32 Å². The van der Waals surface area contributed by atoms with Gasteiger partial charge >= 0.3 is 7.32 Å². The smallest absolute Gasteiger partial charge is 0.509 e. The Hall–Kier alpha value is -1.44. The maximum atomic E-state index is 8.85. The predicted molar refractivity (Wildman–Crippen MR) is 61.1 cm³/mol. The highest BCUT2D eigenvalue weighted by Gasteiger charge is 2.20. The lowest BCUT2D eigenvalue weighted by Crippen LogP contribution is -2.22. The number of benzene rings is 1. The monoisotopic (exact) mass is 242 g/mol. The normalized spacial score (nSPS) is 9.94. The first-order chi connectivity index (χ1) is 8.12. The van der Waals surface area contributed by atoms with Crippen LogP contribution in [0.3, 0.4) is 0 Å². The van der Waals surface area contributed by atoms with Gasteiger partial charge in [0.25, 0.3) is 0 Å². The van der Waals surface area contributed by atoms with Gasteiger partial charge in [-0.05, 0) is 6.07 Å². The molecule has 1 rings (SSSR count). The fraction of sp³-hybridized carbons (Fsp3) is 0.400. The van der Waals surface area contributed by atoms with Gasteiger partial charge in [0.15, 0.2) is 11.5 Å². The van der Waals surface area contributed by atoms with Crippen molar-refractivity contribution in [2.45, 2.75) is 6.61 Å². The Morgan fingerprint density at radius 1 is 1.12 bits per heavy atom. The van der Waals surface area contributed by atoms with Crippen LogP contribution in [0, 0.1) is 0 Å². The van der Waals surface area contributed by atoms with Crippen molar-refractivity contribution in [3.05, 3.63) is 17.7 Å². The molecule has 0 radical (unpaired) electrons. The zero-order valence-electron chi connectivity index (χ0n) is 9.97. The maximum Gasteiger partial charge on any atom is 0.707 e. The molecular weight excluding hydrogens is 227 g/mol. The third kappa shape index (κ3) is 3.52. The van der Waals surface area contributed by atoms with Gasteiger partial charge in [-0.15, -0.1) is 0 Å². The van der Waals surface area contributed by atoms with Crippen LogP contribution in [0.15, 0.2) is 12.1 Å². The largest absolute Gasteiger partial charge is 0.707 e. The maximum absolute atomic E-state index is 8.85. The minimum absolute atomic E-state index is 0.213. The van der Waals surface area contributed by atoms with Gasteiger partial charge in [-0.1, -0.05) is 0 Å². The fourth-order valence-corrected chi connectivity index (χ4v) is 1.40. The van der Waals surface area contributed by atoms with Crippen LogP contribution in [0.25, 0.3) is 0 Å². The number of ether oxygens (including phenoxy) is 3. The lowest BCUT2D eigenvalue weighted by Gasteiger charge is -2.16. The molecule has 0 fully saturated rings. The lowest BCUT2D eigenvalue weighted by atomic mass is 10.1. The second-order valence-electron chi connectivity index (χ2n) is 3.20. The van der Waals surface area contributed by atoms with E-state index in [0.717, 1.165) is 0 Å². The first-order valence-electron chi connectivity index (χ1n) is 4.89. The number of rotatable bonds is 6. The summed E-state index contributed by atoms with van der Waals surface area (Å²) in [5, 5.41) is 17.7. The summed E-state index contributed by atoms with van der Waals surface area (Å²) in [7, 11) is 2.56. The van der Waals surface area contributed by atoms with E-state index in [1.165, 1.54) is 21.3 Å². The van der Waals surface area contributed by atoms with E-state index < -0.39 is 7.32 Å². The van der Waals surface area contributed by atoms with E-state index in [1.54, 1.807) is 12.1 Å². The minimum Gasteiger partial charge on any atom is -0.509 e. The van der Waals surface area contributed by atoms with E-state index in [1.807, 2.05) is 0 Å². The molecule has 0 saturated carbocycles. The third-order valence-corrected chi connectivity index (χ3v) is 2.08. The molecule has 7 heteroatoms. The van der Waals surface area contributed by atoms with Crippen molar-refractivity contribution < 1.29 is 28.9 Å². The molecule has 2 N–H and O–H groups in total. The van der Waals surface area contributed by atoms with Gasteiger partial charge in [0.05, 0.1) is 20.8 Å². The predicted octanol–water partition coefficient (Wildman–Crippen LogP) is 0.198. The molecule has 6 nitrogen and oxygen atoms in total. The fourth-order valence-electron chi connectivity index (χ4n) is 1.40. The molecule has 0 unspecified atom stereocenters. The zero-order valence-corrected chi connectivity index (χ0v) is 9.97. The van der Waals surface area contributed by atoms with Gasteiger partial charge in [-0.25, -0.2) is 0 Å². The molecule has 0 spiro atoms. The molecule has 0 aliphatic heterocycles. The van der Waals surface area contributed by atoms with Crippen LogP contribution >= 0.6 is 0 Å². The molecule has 1 aromatic carbocycles. The van der Waals surface area contributed by atoms with Crippen molar-refractivity contribution in [2.24, 2.45) is 0 Å². The summed E-state index contributed by atoms with van der Waals surface area (Å²) >= 11 is 0. The van der Waals surface area contributed by atoms with Gasteiger partial charge < -0.3 is 28.9 Å². The first kappa shape index (κ1) is 13.6. The molecule has 0 heterocycles. The summed E-state index contributed by atoms with van der Waals surface area (Å²) in [4.78, 5) is 0. The molecule has 0 aliphatic rings. The summed E-state index contributed by atoms with van der Waals surface area (Å²) in [6.07, 6.45) is 0. The van der Waals surface area contributed by atoms with Gasteiger partial charge in [0.2, 0.25) is 0 Å². The first-order valence-corrected chi connectivity index (χ1v) is 4.89. The molecule has 0 aliphatic carbocycles. The van der Waals surface area contributed by atoms with E-state index >= 15 is 0 Å². The Bertz CT molecular complexity index is 368. The number of hydrogen-bond acceptors (Lipinski definition) is 6. The average molecular weight is 242 g/mol. The van der Waals surface area contributed by atoms with Crippen LogP contribution in [0.4, 0.5) is 0 Å². The highest BCUT2D eigenvalue weighted by Crippen LogP contribution is 2.36. The van der Waals surface area contributed by atoms with E-state index in [4.69, 9.17) is 28.9 Å². The van der Waals surface area contributed by atoms with Gasteiger partial charge in [-0.2, -0.15) is 0 Å². The minimum atomic E-state index is -1.92. The summed E-state index contributed by atoms with van der Waals surface area (Å²) in [5.41, 5.74) is 0.594. The van der Waals surface area contributed by atoms with Crippen molar-refractivity contribution in [1.82, 2.24) is 0 Å². The van der Waals surface area contributed by atoms with Crippen molar-refractivity contribution in [1.29, 1.82) is 0 Å². The number of hydrogen-bond donors (Lipinski definition) is 2. The molecule has 0 atom stereocenters. The Kier molecular flexibility index (Phi) is 5.08. The molecule has 17 heavy (non-hydrogen) atoms. The summed E-state index contributed by atoms with van der Waals surface area (Å²) in [6.45, 7) is 0.232. The Balaban J connectivity index is 3.19. The van der Waals surface area contributed by atoms with Crippen molar-refractivity contribution in [3.63, 3.8) is 0 Å². The Labute approximate surface area is 99.9 Å². The molecule has 0 amide bonds. The SMILES string of the molecule is COCc1cc(OC)cc(OC)c1OB(O)O. The molecule has 0 bridgehead atoms. The summed E-state index contributed by atoms with van der Waals surface area (Å²) in [5.74, 6) is 1.11. The summed E-state index contributed by atoms with van der Waals surface area (Å²) in [6, 6.07) is 3.25. The molecule has 0 aromatic heterocycles. The van der Waals surface area contributed by atoms with Crippen LogP contribution in [-0.2, 0) is 11.3 Å². The molecule has 94 valence electrons. The van der Waals surface area contributed by atoms with E-state index in [0.29, 0.717) is 17.1 Å². The quantitative estimate of drug-likeness (QED) is 0.694. The van der Waals surface area contributed by atoms with E-state index in [-0.39, 0.29) is 12.4 Å². The lowest BCUT2D eigenvalue weighted by molar-refractivity contribution is 0.180. The van der Waals surface area contributed by atoms with Crippen molar-refractivity contribution in [2.75, 3.05) is 21.3 Å². The van der Waals surface area contributed by atoms with Crippen LogP contribution in [0.1, 0.15) is 5.56 Å². The second kappa shape index (κ2) is 6.34. The van der Waals surface area contributed by atoms with Gasteiger partial charge in [-0.3, -0.25) is 0 Å². The van der Waals surface area contributed by atoms with Gasteiger partial charge in [0.1, 0.15) is 5.75 Å². The zero-order chi connectivity index (χ0) is 12.8. The third-order valence-electron chi connectivity index (χ3n) is 2.08. The molecule has 0 saturated heterocycles. The number of methoxy groups -OCH3 is 3. The topological polar surface area (TPSA) is 77.4 Å². The molecule has 1 aromatic rings. The van der Waals surface area contributed by atoms with E-state index in [9.17, 15) is 0 Å². The van der Waals surface area contributed by atoms with Gasteiger partial charge in [0, 0.05) is 18.7 Å². The molecular formula is C10H15BO6. The van der Waals surface area contributed by atoms with Crippen LogP contribution in [0.2, 0.25) is 0 Å². The van der Waals surface area contributed by atoms with E-state index in [2.05, 4.69) is 0 Å². The van der Waals surface area contributed by atoms with Crippen LogP contribution < -0.4 is 14.1 Å². The van der Waals surface area contributed by atoms with Crippen LogP contribution in [-0.4, -0.2) is 38.7 Å². The Morgan fingerprint density at radius 2 is 1.82 bits per heavy atom. The Morgan fingerprint density at radius 3 is 2.29 bits per heavy atom. The van der Waals surface area contributed by atoms with Crippen molar-refractivity contribution in [3.8, 4) is 17.2 Å². The highest BCUT2D eigenvalue weighted by molar-refractivity contribution is 6.33.